The average molecular weight is 370 g/mol. The lowest BCUT2D eigenvalue weighted by molar-refractivity contribution is -0.138. The molecule has 2 rings (SSSR count). The minimum atomic E-state index is -0.963. The highest BCUT2D eigenvalue weighted by molar-refractivity contribution is 5.97. The molecular weight excluding hydrogens is 346 g/mol. The maximum absolute atomic E-state index is 12.1. The molecule has 2 amide bonds. The number of aliphatic carboxylic acids is 1. The lowest BCUT2D eigenvalue weighted by Crippen LogP contribution is -2.37. The molecule has 0 saturated heterocycles. The minimum absolute atomic E-state index is 0. The molecule has 1 saturated carbocycles. The summed E-state index contributed by atoms with van der Waals surface area (Å²) < 4.78 is 0. The molecule has 8 heteroatoms. The third-order valence-electron chi connectivity index (χ3n) is 3.59. The number of carboxylic acid groups (broad SMARTS) is 1. The fraction of sp³-hybridized carbons (Fsp3) is 0.471. The molecule has 0 unspecified atom stereocenters. The van der Waals surface area contributed by atoms with E-state index in [9.17, 15) is 14.4 Å². The van der Waals surface area contributed by atoms with Gasteiger partial charge in [0, 0.05) is 17.3 Å². The number of hydrogen-bond donors (Lipinski definition) is 3. The van der Waals surface area contributed by atoms with Gasteiger partial charge >= 0.3 is 5.97 Å². The molecule has 25 heavy (non-hydrogen) atoms. The van der Waals surface area contributed by atoms with Gasteiger partial charge in [-0.1, -0.05) is 13.0 Å². The van der Waals surface area contributed by atoms with Crippen LogP contribution in [0.15, 0.2) is 24.3 Å². The molecule has 1 aromatic carbocycles. The predicted octanol–water partition coefficient (Wildman–Crippen LogP) is 1.74. The summed E-state index contributed by atoms with van der Waals surface area (Å²) in [6.07, 6.45) is 2.79. The van der Waals surface area contributed by atoms with Crippen molar-refractivity contribution in [2.45, 2.75) is 32.2 Å². The number of nitrogens with zero attached hydrogens (tertiary/aromatic N) is 1. The fourth-order valence-corrected chi connectivity index (χ4v) is 2.36. The van der Waals surface area contributed by atoms with Gasteiger partial charge in [0.05, 0.1) is 13.1 Å². The number of hydrogen-bond acceptors (Lipinski definition) is 4. The molecule has 3 N–H and O–H groups in total. The summed E-state index contributed by atoms with van der Waals surface area (Å²) in [4.78, 5) is 36.5. The van der Waals surface area contributed by atoms with Gasteiger partial charge in [-0.15, -0.1) is 12.4 Å². The van der Waals surface area contributed by atoms with E-state index in [1.54, 1.807) is 29.2 Å². The smallest absolute Gasteiger partial charge is 0.317 e. The first-order valence-electron chi connectivity index (χ1n) is 8.13. The maximum atomic E-state index is 12.1. The van der Waals surface area contributed by atoms with E-state index in [0.717, 1.165) is 19.3 Å². The summed E-state index contributed by atoms with van der Waals surface area (Å²) in [5.74, 6) is -1.41. The molecule has 0 radical (unpaired) electrons. The quantitative estimate of drug-likeness (QED) is 0.615. The zero-order chi connectivity index (χ0) is 17.5. The van der Waals surface area contributed by atoms with E-state index < -0.39 is 5.97 Å². The van der Waals surface area contributed by atoms with Gasteiger partial charge in [-0.05, 0) is 44.0 Å². The predicted molar refractivity (Wildman–Crippen MR) is 97.2 cm³/mol. The number of carboxylic acids is 1. The van der Waals surface area contributed by atoms with Crippen LogP contribution >= 0.6 is 12.4 Å². The summed E-state index contributed by atoms with van der Waals surface area (Å²) in [6.45, 7) is 2.28. The van der Waals surface area contributed by atoms with Crippen molar-refractivity contribution in [1.29, 1.82) is 0 Å². The molecule has 0 heterocycles. The summed E-state index contributed by atoms with van der Waals surface area (Å²) in [6, 6.07) is 7.00. The summed E-state index contributed by atoms with van der Waals surface area (Å²) >= 11 is 0. The second kappa shape index (κ2) is 10.0. The molecular formula is C17H24ClN3O4. The molecule has 0 aliphatic heterocycles. The van der Waals surface area contributed by atoms with Crippen LogP contribution in [0.3, 0.4) is 0 Å². The van der Waals surface area contributed by atoms with E-state index in [4.69, 9.17) is 5.11 Å². The lowest BCUT2D eigenvalue weighted by atomic mass is 10.2. The molecule has 1 fully saturated rings. The Balaban J connectivity index is 0.00000312. The van der Waals surface area contributed by atoms with Crippen molar-refractivity contribution in [3.63, 3.8) is 0 Å². The highest BCUT2D eigenvalue weighted by Crippen LogP contribution is 2.20. The van der Waals surface area contributed by atoms with Gasteiger partial charge in [-0.2, -0.15) is 0 Å². The Labute approximate surface area is 153 Å². The van der Waals surface area contributed by atoms with Crippen molar-refractivity contribution in [2.75, 3.05) is 25.0 Å². The van der Waals surface area contributed by atoms with Crippen LogP contribution in [-0.4, -0.2) is 53.5 Å². The van der Waals surface area contributed by atoms with E-state index in [1.165, 1.54) is 0 Å². The first-order valence-corrected chi connectivity index (χ1v) is 8.13. The number of carbonyl (C=O) groups excluding carboxylic acids is 2. The number of anilines is 1. The molecule has 0 aromatic heterocycles. The minimum Gasteiger partial charge on any atom is -0.480 e. The number of benzene rings is 1. The Morgan fingerprint density at radius 2 is 1.96 bits per heavy atom. The number of halogens is 1. The van der Waals surface area contributed by atoms with Crippen LogP contribution in [0.25, 0.3) is 0 Å². The first kappa shape index (κ1) is 20.9. The summed E-state index contributed by atoms with van der Waals surface area (Å²) in [5, 5.41) is 14.5. The van der Waals surface area contributed by atoms with Crippen molar-refractivity contribution >= 4 is 35.9 Å². The van der Waals surface area contributed by atoms with Crippen LogP contribution in [-0.2, 0) is 9.59 Å². The van der Waals surface area contributed by atoms with Crippen LogP contribution in [0.1, 0.15) is 36.5 Å². The Kier molecular flexibility index (Phi) is 8.37. The summed E-state index contributed by atoms with van der Waals surface area (Å²) in [5.41, 5.74) is 1.02. The van der Waals surface area contributed by atoms with E-state index >= 15 is 0 Å². The monoisotopic (exact) mass is 369 g/mol. The number of carbonyl (C=O) groups is 3. The Morgan fingerprint density at radius 3 is 2.56 bits per heavy atom. The van der Waals surface area contributed by atoms with E-state index in [2.05, 4.69) is 10.6 Å². The van der Waals surface area contributed by atoms with E-state index in [1.807, 2.05) is 6.92 Å². The largest absolute Gasteiger partial charge is 0.480 e. The van der Waals surface area contributed by atoms with E-state index in [0.29, 0.717) is 17.8 Å². The van der Waals surface area contributed by atoms with Gasteiger partial charge in [-0.25, -0.2) is 0 Å². The second-order valence-corrected chi connectivity index (χ2v) is 5.98. The topological polar surface area (TPSA) is 98.7 Å². The highest BCUT2D eigenvalue weighted by atomic mass is 35.5. The number of amides is 2. The van der Waals surface area contributed by atoms with Crippen LogP contribution in [0, 0.1) is 0 Å². The van der Waals surface area contributed by atoms with Gasteiger partial charge in [0.2, 0.25) is 5.91 Å². The van der Waals surface area contributed by atoms with Crippen LogP contribution in [0.2, 0.25) is 0 Å². The normalized spacial score (nSPS) is 13.0. The van der Waals surface area contributed by atoms with E-state index in [-0.39, 0.29) is 43.4 Å². The Hall–Kier alpha value is -2.12. The molecule has 138 valence electrons. The fourth-order valence-electron chi connectivity index (χ4n) is 2.36. The van der Waals surface area contributed by atoms with Gasteiger partial charge in [0.15, 0.2) is 0 Å². The van der Waals surface area contributed by atoms with Crippen LogP contribution < -0.4 is 10.6 Å². The SMILES string of the molecule is CCCN(CC(=O)O)CC(=O)Nc1cccc(C(=O)NC2CC2)c1.Cl. The molecule has 1 aliphatic rings. The molecule has 0 atom stereocenters. The van der Waals surface area contributed by atoms with Crippen molar-refractivity contribution in [1.82, 2.24) is 10.2 Å². The van der Waals surface area contributed by atoms with Gasteiger partial charge in [-0.3, -0.25) is 19.3 Å². The average Bonchev–Trinajstić information content (AvgIpc) is 3.31. The zero-order valence-electron chi connectivity index (χ0n) is 14.2. The highest BCUT2D eigenvalue weighted by Gasteiger charge is 2.23. The maximum Gasteiger partial charge on any atom is 0.317 e. The van der Waals surface area contributed by atoms with Crippen LogP contribution in [0.4, 0.5) is 5.69 Å². The van der Waals surface area contributed by atoms with Crippen LogP contribution in [0.5, 0.6) is 0 Å². The van der Waals surface area contributed by atoms with Crippen molar-refractivity contribution in [2.24, 2.45) is 0 Å². The summed E-state index contributed by atoms with van der Waals surface area (Å²) in [7, 11) is 0. The van der Waals surface area contributed by atoms with Gasteiger partial charge < -0.3 is 15.7 Å². The molecule has 1 aromatic rings. The third-order valence-corrected chi connectivity index (χ3v) is 3.59. The van der Waals surface area contributed by atoms with Gasteiger partial charge in [0.25, 0.3) is 5.91 Å². The lowest BCUT2D eigenvalue weighted by Gasteiger charge is -2.18. The Morgan fingerprint density at radius 1 is 1.24 bits per heavy atom. The van der Waals surface area contributed by atoms with Crippen molar-refractivity contribution < 1.29 is 19.5 Å². The zero-order valence-corrected chi connectivity index (χ0v) is 15.0. The van der Waals surface area contributed by atoms with Crippen molar-refractivity contribution in [3.8, 4) is 0 Å². The molecule has 7 nitrogen and oxygen atoms in total. The van der Waals surface area contributed by atoms with Gasteiger partial charge in [0.1, 0.15) is 0 Å². The molecule has 0 bridgehead atoms. The standard InChI is InChI=1S/C17H23N3O4.ClH/c1-2-8-20(11-16(22)23)10-15(21)18-14-5-3-4-12(9-14)17(24)19-13-6-7-13;/h3-5,9,13H,2,6-8,10-11H2,1H3,(H,18,21)(H,19,24)(H,22,23);1H. The first-order chi connectivity index (χ1) is 11.5. The van der Waals surface area contributed by atoms with Crippen molar-refractivity contribution in [3.05, 3.63) is 29.8 Å². The Bertz CT molecular complexity index is 620. The number of nitrogens with one attached hydrogen (secondary N) is 2. The third kappa shape index (κ3) is 7.53. The second-order valence-electron chi connectivity index (χ2n) is 5.98. The molecule has 1 aliphatic carbocycles. The molecule has 0 spiro atoms. The number of rotatable bonds is 9.